The van der Waals surface area contributed by atoms with E-state index in [1.807, 2.05) is 0 Å². The highest BCUT2D eigenvalue weighted by molar-refractivity contribution is 5.88. The molecule has 2 N–H and O–H groups in total. The van der Waals surface area contributed by atoms with Crippen LogP contribution in [0.3, 0.4) is 0 Å². The molecular formula is C6H4N4O4. The maximum Gasteiger partial charge on any atom is 0.349 e. The number of aromatic nitrogens is 2. The van der Waals surface area contributed by atoms with Gasteiger partial charge in [-0.3, -0.25) is 14.7 Å². The maximum atomic E-state index is 10.9. The standard InChI is InChI=1S/C6H4N4O4/c7-3-1-2-4-5(6(3)9(11)12)8-14-10(4)13/h1-2H,7H2. The van der Waals surface area contributed by atoms with E-state index in [1.165, 1.54) is 12.1 Å². The number of benzene rings is 1. The van der Waals surface area contributed by atoms with Crippen molar-refractivity contribution in [3.63, 3.8) is 0 Å². The van der Waals surface area contributed by atoms with E-state index >= 15 is 0 Å². The van der Waals surface area contributed by atoms with E-state index in [2.05, 4.69) is 9.79 Å². The number of hydrogen-bond donors (Lipinski definition) is 1. The van der Waals surface area contributed by atoms with Crippen molar-refractivity contribution in [3.8, 4) is 0 Å². The van der Waals surface area contributed by atoms with Gasteiger partial charge in [0.15, 0.2) is 0 Å². The van der Waals surface area contributed by atoms with Crippen LogP contribution >= 0.6 is 0 Å². The van der Waals surface area contributed by atoms with Gasteiger partial charge in [-0.15, -0.1) is 0 Å². The Hall–Kier alpha value is -2.38. The number of nitro groups is 1. The van der Waals surface area contributed by atoms with Crippen molar-refractivity contribution in [2.24, 2.45) is 0 Å². The summed E-state index contributed by atoms with van der Waals surface area (Å²) in [6, 6.07) is 2.56. The maximum absolute atomic E-state index is 10.9. The number of hydrogen-bond acceptors (Lipinski definition) is 6. The zero-order valence-corrected chi connectivity index (χ0v) is 6.71. The molecule has 8 nitrogen and oxygen atoms in total. The molecule has 14 heavy (non-hydrogen) atoms. The van der Waals surface area contributed by atoms with E-state index in [1.54, 1.807) is 0 Å². The van der Waals surface area contributed by atoms with Gasteiger partial charge in [0.1, 0.15) is 5.69 Å². The van der Waals surface area contributed by atoms with E-state index in [9.17, 15) is 15.3 Å². The average molecular weight is 196 g/mol. The van der Waals surface area contributed by atoms with Crippen LogP contribution in [0.4, 0.5) is 11.4 Å². The van der Waals surface area contributed by atoms with Gasteiger partial charge in [-0.1, -0.05) is 0 Å². The van der Waals surface area contributed by atoms with Crippen LogP contribution in [0, 0.1) is 15.3 Å². The number of nitrogen functional groups attached to an aromatic ring is 1. The van der Waals surface area contributed by atoms with Gasteiger partial charge in [-0.25, -0.2) is 0 Å². The average Bonchev–Trinajstić information content (AvgIpc) is 2.47. The second-order valence-electron chi connectivity index (χ2n) is 2.56. The lowest BCUT2D eigenvalue weighted by Crippen LogP contribution is -2.22. The first-order chi connectivity index (χ1) is 6.61. The Morgan fingerprint density at radius 1 is 1.57 bits per heavy atom. The lowest BCUT2D eigenvalue weighted by Gasteiger charge is -1.93. The lowest BCUT2D eigenvalue weighted by molar-refractivity contribution is -0.782. The largest absolute Gasteiger partial charge is 0.393 e. The highest BCUT2D eigenvalue weighted by atomic mass is 16.8. The van der Waals surface area contributed by atoms with E-state index in [0.717, 1.165) is 0 Å². The molecule has 0 aliphatic rings. The second-order valence-corrected chi connectivity index (χ2v) is 2.56. The third-order valence-corrected chi connectivity index (χ3v) is 1.75. The zero-order valence-electron chi connectivity index (χ0n) is 6.71. The molecule has 72 valence electrons. The van der Waals surface area contributed by atoms with Gasteiger partial charge in [0, 0.05) is 0 Å². The Morgan fingerprint density at radius 3 is 2.93 bits per heavy atom. The van der Waals surface area contributed by atoms with Crippen LogP contribution in [-0.2, 0) is 0 Å². The SMILES string of the molecule is Nc1ccc2c(no[n+]2[O-])c1[N+](=O)[O-]. The van der Waals surface area contributed by atoms with Gasteiger partial charge in [0.25, 0.3) is 0 Å². The molecule has 1 aromatic heterocycles. The highest BCUT2D eigenvalue weighted by Crippen LogP contribution is 2.28. The Bertz CT molecular complexity index is 520. The second kappa shape index (κ2) is 2.55. The van der Waals surface area contributed by atoms with E-state index in [4.69, 9.17) is 5.73 Å². The summed E-state index contributed by atoms with van der Waals surface area (Å²) in [5.74, 6) is 0. The van der Waals surface area contributed by atoms with Gasteiger partial charge in [0.05, 0.1) is 10.1 Å². The molecular weight excluding hydrogens is 192 g/mol. The van der Waals surface area contributed by atoms with Crippen molar-refractivity contribution in [2.45, 2.75) is 0 Å². The van der Waals surface area contributed by atoms with Crippen molar-refractivity contribution in [1.29, 1.82) is 0 Å². The summed E-state index contributed by atoms with van der Waals surface area (Å²) in [5, 5.41) is 24.7. The monoisotopic (exact) mass is 196 g/mol. The van der Waals surface area contributed by atoms with E-state index < -0.39 is 10.6 Å². The molecule has 0 radical (unpaired) electrons. The van der Waals surface area contributed by atoms with Crippen LogP contribution in [0.15, 0.2) is 16.8 Å². The summed E-state index contributed by atoms with van der Waals surface area (Å²) < 4.78 is 4.21. The van der Waals surface area contributed by atoms with Crippen molar-refractivity contribution in [3.05, 3.63) is 27.5 Å². The summed E-state index contributed by atoms with van der Waals surface area (Å²) >= 11 is 0. The number of nitrogens with two attached hydrogens (primary N) is 1. The molecule has 2 rings (SSSR count). The van der Waals surface area contributed by atoms with Crippen LogP contribution in [0.2, 0.25) is 0 Å². The minimum Gasteiger partial charge on any atom is -0.393 e. The molecule has 0 spiro atoms. The normalized spacial score (nSPS) is 10.6. The number of nitro benzene ring substituents is 1. The molecule has 0 amide bonds. The molecule has 0 atom stereocenters. The fraction of sp³-hybridized carbons (Fsp3) is 0. The number of anilines is 1. The first-order valence-electron chi connectivity index (χ1n) is 3.53. The third kappa shape index (κ3) is 0.937. The molecule has 8 heteroatoms. The summed E-state index contributed by atoms with van der Waals surface area (Å²) in [7, 11) is 0. The molecule has 0 bridgehead atoms. The predicted molar refractivity (Wildman–Crippen MR) is 44.0 cm³/mol. The summed E-state index contributed by atoms with van der Waals surface area (Å²) in [4.78, 5) is 9.95. The van der Waals surface area contributed by atoms with Gasteiger partial charge >= 0.3 is 11.2 Å². The smallest absolute Gasteiger partial charge is 0.349 e. The molecule has 0 saturated carbocycles. The van der Waals surface area contributed by atoms with Crippen LogP contribution < -0.4 is 10.6 Å². The Kier molecular flexibility index (Phi) is 1.50. The third-order valence-electron chi connectivity index (χ3n) is 1.75. The molecule has 0 saturated heterocycles. The van der Waals surface area contributed by atoms with Crippen molar-refractivity contribution < 1.29 is 14.5 Å². The molecule has 1 heterocycles. The molecule has 0 fully saturated rings. The minimum absolute atomic E-state index is 0.0223. The van der Waals surface area contributed by atoms with Gasteiger partial charge in [-0.05, 0) is 17.0 Å². The number of fused-ring (bicyclic) bond motifs is 1. The molecule has 0 unspecified atom stereocenters. The fourth-order valence-corrected chi connectivity index (χ4v) is 1.14. The predicted octanol–water partition coefficient (Wildman–Crippen LogP) is -0.0484. The van der Waals surface area contributed by atoms with Crippen molar-refractivity contribution >= 4 is 22.4 Å². The molecule has 2 aromatic rings. The number of rotatable bonds is 1. The first kappa shape index (κ1) is 8.23. The van der Waals surface area contributed by atoms with Gasteiger partial charge in [0.2, 0.25) is 5.52 Å². The molecule has 0 aliphatic carbocycles. The van der Waals surface area contributed by atoms with Crippen molar-refractivity contribution in [2.75, 3.05) is 5.73 Å². The van der Waals surface area contributed by atoms with Crippen LogP contribution in [0.5, 0.6) is 0 Å². The van der Waals surface area contributed by atoms with Gasteiger partial charge in [-0.2, -0.15) is 0 Å². The lowest BCUT2D eigenvalue weighted by atomic mass is 10.2. The summed E-state index contributed by atoms with van der Waals surface area (Å²) in [5.41, 5.74) is 4.72. The molecule has 1 aromatic carbocycles. The van der Waals surface area contributed by atoms with Crippen LogP contribution in [0.1, 0.15) is 0 Å². The minimum atomic E-state index is -0.708. The highest BCUT2D eigenvalue weighted by Gasteiger charge is 2.25. The topological polar surface area (TPSA) is 122 Å². The Morgan fingerprint density at radius 2 is 2.29 bits per heavy atom. The first-order valence-corrected chi connectivity index (χ1v) is 3.53. The fourth-order valence-electron chi connectivity index (χ4n) is 1.14. The van der Waals surface area contributed by atoms with E-state index in [0.29, 0.717) is 0 Å². The zero-order chi connectivity index (χ0) is 10.3. The molecule has 0 aliphatic heterocycles. The van der Waals surface area contributed by atoms with E-state index in [-0.39, 0.29) is 21.6 Å². The Balaban J connectivity index is 2.90. The number of nitrogens with zero attached hydrogens (tertiary/aromatic N) is 3. The van der Waals surface area contributed by atoms with Crippen LogP contribution in [-0.4, -0.2) is 10.1 Å². The quantitative estimate of drug-likeness (QED) is 0.295. The van der Waals surface area contributed by atoms with Crippen LogP contribution in [0.25, 0.3) is 11.0 Å². The summed E-state index contributed by atoms with van der Waals surface area (Å²) in [6.07, 6.45) is 0. The van der Waals surface area contributed by atoms with Crippen molar-refractivity contribution in [1.82, 2.24) is 5.16 Å². The Labute approximate surface area is 76.2 Å². The van der Waals surface area contributed by atoms with Gasteiger partial charge < -0.3 is 10.9 Å². The summed E-state index contributed by atoms with van der Waals surface area (Å²) in [6.45, 7) is 0.